The molecule has 0 aliphatic heterocycles. The molecular weight excluding hydrogens is 318 g/mol. The summed E-state index contributed by atoms with van der Waals surface area (Å²) in [5, 5.41) is 1.06. The van der Waals surface area contributed by atoms with Crippen molar-refractivity contribution in [2.45, 2.75) is 59.3 Å². The molecule has 0 saturated heterocycles. The van der Waals surface area contributed by atoms with E-state index >= 15 is 0 Å². The minimum absolute atomic E-state index is 0.354. The van der Waals surface area contributed by atoms with Crippen LogP contribution in [0.2, 0.25) is 0 Å². The average molecular weight is 348 g/mol. The van der Waals surface area contributed by atoms with Gasteiger partial charge in [-0.15, -0.1) is 7.92 Å². The molecule has 3 nitrogen and oxygen atoms in total. The van der Waals surface area contributed by atoms with Crippen molar-refractivity contribution in [2.24, 2.45) is 0 Å². The van der Waals surface area contributed by atoms with E-state index in [2.05, 4.69) is 20.8 Å². The van der Waals surface area contributed by atoms with Crippen molar-refractivity contribution in [1.29, 1.82) is 0 Å². The Bertz CT molecular complexity index is 199. The number of hydrogen-bond acceptors (Lipinski definition) is 3. The first-order valence-electron chi connectivity index (χ1n) is 7.35. The number of carbonyl (C=O) groups excluding carboxylic acids is 3. The van der Waals surface area contributed by atoms with Gasteiger partial charge in [0.25, 0.3) is 0 Å². The molecule has 0 radical (unpaired) electrons. The second kappa shape index (κ2) is 18.9. The van der Waals surface area contributed by atoms with Gasteiger partial charge in [0, 0.05) is 0 Å². The van der Waals surface area contributed by atoms with Crippen LogP contribution >= 0.6 is 7.92 Å². The van der Waals surface area contributed by atoms with Crippen molar-refractivity contribution in [3.05, 3.63) is 0 Å². The zero-order valence-corrected chi connectivity index (χ0v) is 15.0. The molecule has 0 amide bonds. The third-order valence-corrected chi connectivity index (χ3v) is 6.45. The fourth-order valence-corrected chi connectivity index (χ4v) is 4.67. The molecule has 0 aliphatic rings. The van der Waals surface area contributed by atoms with Gasteiger partial charge in [0.05, 0.1) is 0 Å². The summed E-state index contributed by atoms with van der Waals surface area (Å²) in [6, 6.07) is 0. The summed E-state index contributed by atoms with van der Waals surface area (Å²) in [5.41, 5.74) is 0. The Balaban J connectivity index is 0. The Hall–Kier alpha value is -0.0535. The van der Waals surface area contributed by atoms with Crippen molar-refractivity contribution in [3.63, 3.8) is 0 Å². The number of carbonyl (C=O) groups is 3. The van der Waals surface area contributed by atoms with Gasteiger partial charge >= 0.3 is 43.7 Å². The van der Waals surface area contributed by atoms with Gasteiger partial charge in [0.15, 0.2) is 0 Å². The number of unbranched alkanes of at least 4 members (excludes halogenated alkanes) is 3. The molecule has 0 atom stereocenters. The van der Waals surface area contributed by atoms with E-state index in [1.54, 1.807) is 18.5 Å². The van der Waals surface area contributed by atoms with Crippen molar-refractivity contribution in [1.82, 2.24) is 0 Å². The van der Waals surface area contributed by atoms with Gasteiger partial charge in [-0.1, -0.05) is 40.0 Å². The minimum atomic E-state index is -1.58. The van der Waals surface area contributed by atoms with E-state index in [4.69, 9.17) is 0 Å². The Labute approximate surface area is 129 Å². The summed E-state index contributed by atoms with van der Waals surface area (Å²) >= 11 is -1.58. The van der Waals surface area contributed by atoms with Gasteiger partial charge < -0.3 is 0 Å². The second-order valence-electron chi connectivity index (χ2n) is 4.47. The van der Waals surface area contributed by atoms with Crippen LogP contribution in [-0.4, -0.2) is 34.1 Å². The van der Waals surface area contributed by atoms with Crippen LogP contribution < -0.4 is 0 Å². The van der Waals surface area contributed by atoms with Gasteiger partial charge in [-0.25, -0.2) is 0 Å². The predicted molar refractivity (Wildman–Crippen MR) is 86.5 cm³/mol. The Morgan fingerprint density at radius 2 is 1.00 bits per heavy atom. The molecule has 0 unspecified atom stereocenters. The molecule has 0 rings (SSSR count). The molecule has 0 aromatic carbocycles. The first kappa shape index (κ1) is 22.2. The fourth-order valence-electron chi connectivity index (χ4n) is 1.54. The third kappa shape index (κ3) is 16.0. The summed E-state index contributed by atoms with van der Waals surface area (Å²) in [5.74, 6) is 0. The van der Waals surface area contributed by atoms with Crippen LogP contribution in [0.25, 0.3) is 0 Å². The van der Waals surface area contributed by atoms with E-state index < -0.39 is 13.7 Å². The fraction of sp³-hybridized carbons (Fsp3) is 0.800. The van der Waals surface area contributed by atoms with Crippen molar-refractivity contribution < 1.29 is 28.0 Å². The zero-order chi connectivity index (χ0) is 15.6. The van der Waals surface area contributed by atoms with Crippen molar-refractivity contribution in [3.8, 4) is 0 Å². The van der Waals surface area contributed by atoms with E-state index in [0.29, 0.717) is 23.6 Å². The molecule has 0 heterocycles. The van der Waals surface area contributed by atoms with Crippen LogP contribution in [0, 0.1) is 0 Å². The second-order valence-corrected chi connectivity index (χ2v) is 8.93. The van der Waals surface area contributed by atoms with Crippen LogP contribution in [0.15, 0.2) is 0 Å². The van der Waals surface area contributed by atoms with Gasteiger partial charge in [-0.2, -0.15) is 0 Å². The van der Waals surface area contributed by atoms with Crippen LogP contribution in [0.5, 0.6) is 0 Å². The average Bonchev–Trinajstić information content (AvgIpc) is 2.49. The molecule has 0 saturated carbocycles. The molecule has 20 heavy (non-hydrogen) atoms. The van der Waals surface area contributed by atoms with Crippen molar-refractivity contribution in [2.75, 3.05) is 18.5 Å². The molecule has 0 spiro atoms. The van der Waals surface area contributed by atoms with Crippen LogP contribution in [0.3, 0.4) is 0 Å². The first-order chi connectivity index (χ1) is 9.69. The quantitative estimate of drug-likeness (QED) is 0.395. The molecule has 0 N–H and O–H groups in total. The monoisotopic (exact) mass is 348 g/mol. The van der Waals surface area contributed by atoms with Crippen LogP contribution in [0.1, 0.15) is 59.3 Å². The van der Waals surface area contributed by atoms with E-state index in [-0.39, 0.29) is 0 Å². The van der Waals surface area contributed by atoms with Gasteiger partial charge in [0.2, 0.25) is 0 Å². The predicted octanol–water partition coefficient (Wildman–Crippen LogP) is 4.04. The summed E-state index contributed by atoms with van der Waals surface area (Å²) in [6.07, 6.45) is 13.2. The topological polar surface area (TPSA) is 51.2 Å². The summed E-state index contributed by atoms with van der Waals surface area (Å²) in [7, 11) is 0.422. The van der Waals surface area contributed by atoms with Gasteiger partial charge in [-0.3, -0.25) is 0 Å². The van der Waals surface area contributed by atoms with Crippen LogP contribution in [-0.2, 0) is 28.0 Å². The molecule has 0 aromatic heterocycles. The van der Waals surface area contributed by atoms with Crippen molar-refractivity contribution >= 4 is 23.6 Å². The Kier molecular flexibility index (Phi) is 21.1. The molecule has 122 valence electrons. The van der Waals surface area contributed by atoms with E-state index in [1.807, 2.05) is 0 Å². The zero-order valence-electron chi connectivity index (χ0n) is 13.1. The summed E-state index contributed by atoms with van der Waals surface area (Å²) < 4.78 is 0. The molecule has 0 bridgehead atoms. The Morgan fingerprint density at radius 3 is 1.15 bits per heavy atom. The third-order valence-electron chi connectivity index (χ3n) is 2.76. The van der Waals surface area contributed by atoms with E-state index in [0.717, 1.165) is 0 Å². The standard InChI is InChI=1S/C12H27P.3CHO.Co/c1-4-7-10-13(11-8-5-2)12-9-6-3;3*1-2;/h4-12H2,1-3H3;3*1H;. The first-order valence-corrected chi connectivity index (χ1v) is 11.1. The summed E-state index contributed by atoms with van der Waals surface area (Å²) in [4.78, 5) is 28.6. The SMILES string of the molecule is CCCCP(CCCC)CCCC.O=[CH][Co]([CH]=O)[CH]=O. The van der Waals surface area contributed by atoms with E-state index in [1.165, 1.54) is 38.5 Å². The van der Waals surface area contributed by atoms with Gasteiger partial charge in [-0.05, 0) is 37.7 Å². The molecule has 5 heteroatoms. The van der Waals surface area contributed by atoms with Gasteiger partial charge in [0.1, 0.15) is 0 Å². The molecule has 0 aromatic rings. The molecule has 0 aliphatic carbocycles. The maximum absolute atomic E-state index is 9.53. The van der Waals surface area contributed by atoms with Crippen LogP contribution in [0.4, 0.5) is 0 Å². The molecule has 0 fully saturated rings. The number of hydrogen-bond donors (Lipinski definition) is 0. The Morgan fingerprint density at radius 1 is 0.700 bits per heavy atom. The maximum atomic E-state index is 9.53. The normalized spacial score (nSPS) is 10.5. The van der Waals surface area contributed by atoms with E-state index in [9.17, 15) is 14.4 Å². The number of rotatable bonds is 12. The summed E-state index contributed by atoms with van der Waals surface area (Å²) in [6.45, 7) is 6.94. The molecular formula is C15H30CoO3P.